The summed E-state index contributed by atoms with van der Waals surface area (Å²) in [6, 6.07) is -0.435. The first kappa shape index (κ1) is 11.4. The maximum Gasteiger partial charge on any atom is 0.328 e. The summed E-state index contributed by atoms with van der Waals surface area (Å²) in [4.78, 5) is 24.2. The minimum Gasteiger partial charge on any atom is -0.464 e. The summed E-state index contributed by atoms with van der Waals surface area (Å²) in [5, 5.41) is 0.0771. The molecule has 1 heterocycles. The maximum absolute atomic E-state index is 11.5. The van der Waals surface area contributed by atoms with Crippen LogP contribution in [-0.2, 0) is 14.3 Å². The molecular formula is C9H15NO3S. The molecule has 0 spiro atoms. The van der Waals surface area contributed by atoms with Crippen molar-refractivity contribution in [3.8, 4) is 0 Å². The third kappa shape index (κ3) is 2.41. The van der Waals surface area contributed by atoms with Crippen LogP contribution in [0.1, 0.15) is 20.3 Å². The Morgan fingerprint density at radius 2 is 2.21 bits per heavy atom. The Kier molecular flexibility index (Phi) is 3.80. The summed E-state index contributed by atoms with van der Waals surface area (Å²) in [7, 11) is 0. The van der Waals surface area contributed by atoms with Crippen molar-refractivity contribution in [1.82, 2.24) is 4.90 Å². The lowest BCUT2D eigenvalue weighted by Crippen LogP contribution is -2.40. The van der Waals surface area contributed by atoms with Crippen LogP contribution >= 0.6 is 12.6 Å². The van der Waals surface area contributed by atoms with Crippen molar-refractivity contribution in [2.45, 2.75) is 31.6 Å². The summed E-state index contributed by atoms with van der Waals surface area (Å²) in [6.45, 7) is 4.08. The lowest BCUT2D eigenvalue weighted by Gasteiger charge is -2.20. The average molecular weight is 217 g/mol. The van der Waals surface area contributed by atoms with Gasteiger partial charge >= 0.3 is 5.97 Å². The molecule has 1 fully saturated rings. The lowest BCUT2D eigenvalue weighted by molar-refractivity contribution is -0.152. The molecule has 0 bridgehead atoms. The van der Waals surface area contributed by atoms with Crippen LogP contribution in [0.15, 0.2) is 0 Å². The van der Waals surface area contributed by atoms with Gasteiger partial charge in [0, 0.05) is 18.7 Å². The monoisotopic (exact) mass is 217 g/mol. The Hall–Kier alpha value is -0.710. The third-order valence-corrected chi connectivity index (χ3v) is 2.62. The van der Waals surface area contributed by atoms with Crippen LogP contribution in [-0.4, -0.2) is 41.2 Å². The number of thiol groups is 1. The average Bonchev–Trinajstić information content (AvgIpc) is 2.48. The van der Waals surface area contributed by atoms with E-state index in [0.717, 1.165) is 0 Å². The van der Waals surface area contributed by atoms with Gasteiger partial charge in [-0.05, 0) is 13.3 Å². The van der Waals surface area contributed by atoms with Crippen LogP contribution in [0.3, 0.4) is 0 Å². The van der Waals surface area contributed by atoms with Crippen molar-refractivity contribution in [2.24, 2.45) is 0 Å². The second-order valence-corrected chi connectivity index (χ2v) is 4.06. The van der Waals surface area contributed by atoms with Crippen molar-refractivity contribution in [1.29, 1.82) is 0 Å². The number of hydrogen-bond acceptors (Lipinski definition) is 4. The molecule has 14 heavy (non-hydrogen) atoms. The van der Waals surface area contributed by atoms with E-state index in [4.69, 9.17) is 4.74 Å². The van der Waals surface area contributed by atoms with E-state index >= 15 is 0 Å². The van der Waals surface area contributed by atoms with Crippen molar-refractivity contribution >= 4 is 24.5 Å². The van der Waals surface area contributed by atoms with Crippen LogP contribution in [0.2, 0.25) is 0 Å². The second-order valence-electron chi connectivity index (χ2n) is 3.33. The highest BCUT2D eigenvalue weighted by molar-refractivity contribution is 7.81. The Bertz CT molecular complexity index is 244. The molecular weight excluding hydrogens is 202 g/mol. The van der Waals surface area contributed by atoms with Crippen LogP contribution in [0, 0.1) is 0 Å². The molecule has 4 nitrogen and oxygen atoms in total. The molecule has 0 aromatic heterocycles. The van der Waals surface area contributed by atoms with Crippen LogP contribution in [0.25, 0.3) is 0 Å². The molecule has 1 aliphatic rings. The zero-order valence-electron chi connectivity index (χ0n) is 8.40. The van der Waals surface area contributed by atoms with Gasteiger partial charge in [0.1, 0.15) is 6.04 Å². The fraction of sp³-hybridized carbons (Fsp3) is 0.778. The summed E-state index contributed by atoms with van der Waals surface area (Å²) in [6.07, 6.45) is 0.585. The summed E-state index contributed by atoms with van der Waals surface area (Å²) >= 11 is 4.27. The van der Waals surface area contributed by atoms with E-state index in [-0.39, 0.29) is 17.1 Å². The number of nitrogens with zero attached hydrogens (tertiary/aromatic N) is 1. The zero-order chi connectivity index (χ0) is 10.7. The highest BCUT2D eigenvalue weighted by Crippen LogP contribution is 2.22. The molecule has 0 aliphatic carbocycles. The van der Waals surface area contributed by atoms with E-state index in [9.17, 15) is 9.59 Å². The third-order valence-electron chi connectivity index (χ3n) is 2.24. The number of likely N-dealkylation sites (tertiary alicyclic amines) is 1. The number of ether oxygens (including phenoxy) is 1. The summed E-state index contributed by atoms with van der Waals surface area (Å²) < 4.78 is 4.89. The zero-order valence-corrected chi connectivity index (χ0v) is 9.29. The fourth-order valence-corrected chi connectivity index (χ4v) is 2.00. The van der Waals surface area contributed by atoms with Crippen molar-refractivity contribution in [2.75, 3.05) is 13.2 Å². The molecule has 2 atom stereocenters. The van der Waals surface area contributed by atoms with Gasteiger partial charge in [-0.15, -0.1) is 0 Å². The minimum atomic E-state index is -0.435. The standard InChI is InChI=1S/C9H15NO3S/c1-3-13-9(12)8-4-7(14)5-10(8)6(2)11/h7-8,14H,3-5H2,1-2H3/t7-,8-/m0/s1. The SMILES string of the molecule is CCOC(=O)[C@@H]1C[C@H](S)CN1C(C)=O. The van der Waals surface area contributed by atoms with Crippen LogP contribution in [0.4, 0.5) is 0 Å². The Morgan fingerprint density at radius 3 is 2.71 bits per heavy atom. The first-order valence-electron chi connectivity index (χ1n) is 4.68. The maximum atomic E-state index is 11.5. The first-order valence-corrected chi connectivity index (χ1v) is 5.19. The Labute approximate surface area is 89.0 Å². The van der Waals surface area contributed by atoms with E-state index in [2.05, 4.69) is 12.6 Å². The molecule has 0 aromatic rings. The number of carbonyl (C=O) groups excluding carboxylic acids is 2. The van der Waals surface area contributed by atoms with Gasteiger partial charge in [-0.3, -0.25) is 4.79 Å². The van der Waals surface area contributed by atoms with E-state index in [0.29, 0.717) is 19.6 Å². The van der Waals surface area contributed by atoms with Crippen molar-refractivity contribution < 1.29 is 14.3 Å². The normalized spacial score (nSPS) is 26.4. The van der Waals surface area contributed by atoms with E-state index in [1.54, 1.807) is 6.92 Å². The molecule has 5 heteroatoms. The molecule has 0 aromatic carbocycles. The quantitative estimate of drug-likeness (QED) is 0.540. The summed E-state index contributed by atoms with van der Waals surface area (Å²) in [5.41, 5.74) is 0. The molecule has 1 saturated heterocycles. The number of esters is 1. The Morgan fingerprint density at radius 1 is 1.57 bits per heavy atom. The van der Waals surface area contributed by atoms with Gasteiger partial charge in [-0.25, -0.2) is 4.79 Å². The van der Waals surface area contributed by atoms with E-state index < -0.39 is 6.04 Å². The Balaban J connectivity index is 2.66. The second kappa shape index (κ2) is 4.68. The van der Waals surface area contributed by atoms with Crippen molar-refractivity contribution in [3.63, 3.8) is 0 Å². The molecule has 0 unspecified atom stereocenters. The van der Waals surface area contributed by atoms with Gasteiger partial charge in [-0.1, -0.05) is 0 Å². The van der Waals surface area contributed by atoms with Gasteiger partial charge in [0.2, 0.25) is 5.91 Å². The molecule has 1 amide bonds. The lowest BCUT2D eigenvalue weighted by atomic mass is 10.2. The van der Waals surface area contributed by atoms with Gasteiger partial charge in [0.05, 0.1) is 6.61 Å². The highest BCUT2D eigenvalue weighted by Gasteiger charge is 2.37. The summed E-state index contributed by atoms with van der Waals surface area (Å²) in [5.74, 6) is -0.418. The van der Waals surface area contributed by atoms with E-state index in [1.807, 2.05) is 0 Å². The largest absolute Gasteiger partial charge is 0.464 e. The highest BCUT2D eigenvalue weighted by atomic mass is 32.1. The predicted octanol–water partition coefficient (Wildman–Crippen LogP) is 0.469. The van der Waals surface area contributed by atoms with Gasteiger partial charge in [-0.2, -0.15) is 12.6 Å². The fourth-order valence-electron chi connectivity index (χ4n) is 1.62. The molecule has 1 rings (SSSR count). The molecule has 0 saturated carbocycles. The number of carbonyl (C=O) groups is 2. The van der Waals surface area contributed by atoms with Gasteiger partial charge in [0.25, 0.3) is 0 Å². The molecule has 0 radical (unpaired) electrons. The first-order chi connectivity index (χ1) is 6.56. The van der Waals surface area contributed by atoms with Gasteiger partial charge in [0.15, 0.2) is 0 Å². The number of hydrogen-bond donors (Lipinski definition) is 1. The van der Waals surface area contributed by atoms with Crippen molar-refractivity contribution in [3.05, 3.63) is 0 Å². The number of amides is 1. The molecule has 0 N–H and O–H groups in total. The minimum absolute atomic E-state index is 0.0771. The van der Waals surface area contributed by atoms with Crippen LogP contribution < -0.4 is 0 Å². The molecule has 80 valence electrons. The van der Waals surface area contributed by atoms with Crippen LogP contribution in [0.5, 0.6) is 0 Å². The topological polar surface area (TPSA) is 46.6 Å². The van der Waals surface area contributed by atoms with Gasteiger partial charge < -0.3 is 9.64 Å². The van der Waals surface area contributed by atoms with E-state index in [1.165, 1.54) is 11.8 Å². The predicted molar refractivity (Wildman–Crippen MR) is 55.2 cm³/mol. The molecule has 1 aliphatic heterocycles. The smallest absolute Gasteiger partial charge is 0.328 e. The number of rotatable bonds is 2.